The van der Waals surface area contributed by atoms with Gasteiger partial charge in [-0.1, -0.05) is 35.3 Å². The second kappa shape index (κ2) is 7.98. The summed E-state index contributed by atoms with van der Waals surface area (Å²) in [5, 5.41) is 14.5. The van der Waals surface area contributed by atoms with Crippen molar-refractivity contribution in [1.29, 1.82) is 5.26 Å². The van der Waals surface area contributed by atoms with Crippen molar-refractivity contribution in [2.45, 2.75) is 13.0 Å². The number of anilines is 1. The van der Waals surface area contributed by atoms with Gasteiger partial charge in [0, 0.05) is 16.3 Å². The molecule has 0 spiro atoms. The number of benzene rings is 2. The Morgan fingerprint density at radius 3 is 2.74 bits per heavy atom. The molecule has 2 aromatic rings. The fraction of sp³-hybridized carbons (Fsp3) is 0.176. The fourth-order valence-corrected chi connectivity index (χ4v) is 2.53. The fourth-order valence-electron chi connectivity index (χ4n) is 2.11. The first-order valence-corrected chi connectivity index (χ1v) is 7.83. The molecule has 1 amide bonds. The van der Waals surface area contributed by atoms with E-state index in [2.05, 4.69) is 5.32 Å². The zero-order valence-electron chi connectivity index (χ0n) is 12.5. The van der Waals surface area contributed by atoms with Gasteiger partial charge >= 0.3 is 0 Å². The van der Waals surface area contributed by atoms with Crippen LogP contribution in [0.25, 0.3) is 0 Å². The quantitative estimate of drug-likeness (QED) is 0.871. The van der Waals surface area contributed by atoms with Gasteiger partial charge in [-0.25, -0.2) is 0 Å². The Labute approximate surface area is 145 Å². The summed E-state index contributed by atoms with van der Waals surface area (Å²) in [6, 6.07) is 14.5. The maximum Gasteiger partial charge on any atom is 0.279 e. The SMILES string of the molecule is C[C@@H]([NH2+]CC(=O)Nc1ccc(C#N)c(Cl)c1)c1cccc(Cl)c1. The summed E-state index contributed by atoms with van der Waals surface area (Å²) in [6.07, 6.45) is 0. The van der Waals surface area contributed by atoms with E-state index in [9.17, 15) is 4.79 Å². The highest BCUT2D eigenvalue weighted by molar-refractivity contribution is 6.32. The number of carbonyl (C=O) groups is 1. The number of hydrogen-bond acceptors (Lipinski definition) is 2. The van der Waals surface area contributed by atoms with E-state index in [4.69, 9.17) is 28.5 Å². The molecule has 2 rings (SSSR count). The minimum absolute atomic E-state index is 0.115. The standard InChI is InChI=1S/C17H15Cl2N3O/c1-11(12-3-2-4-14(18)7-12)21-10-17(23)22-15-6-5-13(9-20)16(19)8-15/h2-8,11,21H,10H2,1H3,(H,22,23)/p+1/t11-/m1/s1. The molecule has 0 fully saturated rings. The predicted octanol–water partition coefficient (Wildman–Crippen LogP) is 3.13. The van der Waals surface area contributed by atoms with Crippen LogP contribution in [0.15, 0.2) is 42.5 Å². The van der Waals surface area contributed by atoms with Crippen LogP contribution in [-0.4, -0.2) is 12.5 Å². The zero-order valence-corrected chi connectivity index (χ0v) is 14.0. The molecule has 0 unspecified atom stereocenters. The Hall–Kier alpha value is -2.06. The summed E-state index contributed by atoms with van der Waals surface area (Å²) in [5.74, 6) is -0.139. The van der Waals surface area contributed by atoms with Crippen LogP contribution in [0.4, 0.5) is 5.69 Å². The lowest BCUT2D eigenvalue weighted by molar-refractivity contribution is -0.682. The van der Waals surface area contributed by atoms with Gasteiger partial charge in [0.25, 0.3) is 5.91 Å². The largest absolute Gasteiger partial charge is 0.333 e. The van der Waals surface area contributed by atoms with Gasteiger partial charge in [-0.15, -0.1) is 0 Å². The lowest BCUT2D eigenvalue weighted by atomic mass is 10.1. The Morgan fingerprint density at radius 1 is 1.30 bits per heavy atom. The van der Waals surface area contributed by atoms with Crippen LogP contribution in [0, 0.1) is 11.3 Å². The second-order valence-corrected chi connectivity index (χ2v) is 5.98. The van der Waals surface area contributed by atoms with Crippen LogP contribution < -0.4 is 10.6 Å². The highest BCUT2D eigenvalue weighted by atomic mass is 35.5. The summed E-state index contributed by atoms with van der Waals surface area (Å²) in [6.45, 7) is 2.28. The zero-order chi connectivity index (χ0) is 16.8. The van der Waals surface area contributed by atoms with E-state index >= 15 is 0 Å². The first-order valence-electron chi connectivity index (χ1n) is 7.08. The average molecular weight is 349 g/mol. The molecule has 0 saturated heterocycles. The highest BCUT2D eigenvalue weighted by Crippen LogP contribution is 2.20. The monoisotopic (exact) mass is 348 g/mol. The molecule has 0 radical (unpaired) electrons. The third-order valence-corrected chi connectivity index (χ3v) is 3.95. The molecular weight excluding hydrogens is 333 g/mol. The van der Waals surface area contributed by atoms with Gasteiger partial charge in [-0.3, -0.25) is 4.79 Å². The van der Waals surface area contributed by atoms with E-state index in [1.807, 2.05) is 42.6 Å². The van der Waals surface area contributed by atoms with Crippen LogP contribution in [0.3, 0.4) is 0 Å². The van der Waals surface area contributed by atoms with E-state index in [0.29, 0.717) is 21.3 Å². The van der Waals surface area contributed by atoms with E-state index in [1.165, 1.54) is 0 Å². The number of hydrogen-bond donors (Lipinski definition) is 2. The van der Waals surface area contributed by atoms with Crippen molar-refractivity contribution in [3.8, 4) is 6.07 Å². The number of nitrogens with zero attached hydrogens (tertiary/aromatic N) is 1. The van der Waals surface area contributed by atoms with Gasteiger partial charge < -0.3 is 10.6 Å². The summed E-state index contributed by atoms with van der Waals surface area (Å²) >= 11 is 11.9. The number of nitrogens with one attached hydrogen (secondary N) is 1. The third-order valence-electron chi connectivity index (χ3n) is 3.40. The molecule has 0 saturated carbocycles. The van der Waals surface area contributed by atoms with Crippen LogP contribution in [0.1, 0.15) is 24.1 Å². The molecule has 118 valence electrons. The molecule has 0 bridgehead atoms. The molecule has 0 aliphatic carbocycles. The van der Waals surface area contributed by atoms with Crippen LogP contribution in [-0.2, 0) is 4.79 Å². The Morgan fingerprint density at radius 2 is 2.09 bits per heavy atom. The molecular formula is C17H16Cl2N3O+. The minimum Gasteiger partial charge on any atom is -0.333 e. The van der Waals surface area contributed by atoms with E-state index in [1.54, 1.807) is 18.2 Å². The van der Waals surface area contributed by atoms with Crippen molar-refractivity contribution in [1.82, 2.24) is 0 Å². The number of carbonyl (C=O) groups excluding carboxylic acids is 1. The molecule has 0 aliphatic heterocycles. The Kier molecular flexibility index (Phi) is 6.00. The van der Waals surface area contributed by atoms with Crippen LogP contribution in [0.5, 0.6) is 0 Å². The number of quaternary nitrogens is 1. The topological polar surface area (TPSA) is 69.5 Å². The Balaban J connectivity index is 1.90. The second-order valence-electron chi connectivity index (χ2n) is 5.14. The molecule has 23 heavy (non-hydrogen) atoms. The average Bonchev–Trinajstić information content (AvgIpc) is 2.53. The third kappa shape index (κ3) is 4.97. The normalized spacial score (nSPS) is 11.6. The molecule has 0 heterocycles. The number of nitriles is 1. The summed E-state index contributed by atoms with van der Waals surface area (Å²) in [4.78, 5) is 12.0. The molecule has 0 aliphatic rings. The van der Waals surface area contributed by atoms with Crippen molar-refractivity contribution in [3.05, 3.63) is 63.6 Å². The van der Waals surface area contributed by atoms with Gasteiger partial charge in [0.15, 0.2) is 6.54 Å². The van der Waals surface area contributed by atoms with E-state index in [-0.39, 0.29) is 18.5 Å². The molecule has 3 N–H and O–H groups in total. The molecule has 1 atom stereocenters. The first-order chi connectivity index (χ1) is 11.0. The maximum absolute atomic E-state index is 12.0. The van der Waals surface area contributed by atoms with Gasteiger partial charge in [0.05, 0.1) is 10.6 Å². The van der Waals surface area contributed by atoms with Crippen LogP contribution >= 0.6 is 23.2 Å². The molecule has 6 heteroatoms. The number of amides is 1. The van der Waals surface area contributed by atoms with E-state index in [0.717, 1.165) is 5.56 Å². The number of rotatable bonds is 5. The van der Waals surface area contributed by atoms with E-state index < -0.39 is 0 Å². The lowest BCUT2D eigenvalue weighted by Crippen LogP contribution is -2.86. The smallest absolute Gasteiger partial charge is 0.279 e. The van der Waals surface area contributed by atoms with Crippen molar-refractivity contribution in [2.24, 2.45) is 0 Å². The molecule has 2 aromatic carbocycles. The maximum atomic E-state index is 12.0. The minimum atomic E-state index is -0.139. The highest BCUT2D eigenvalue weighted by Gasteiger charge is 2.12. The van der Waals surface area contributed by atoms with Crippen molar-refractivity contribution in [2.75, 3.05) is 11.9 Å². The lowest BCUT2D eigenvalue weighted by Gasteiger charge is -2.11. The summed E-state index contributed by atoms with van der Waals surface area (Å²) < 4.78 is 0. The number of nitrogens with two attached hydrogens (primary N) is 1. The molecule has 0 aromatic heterocycles. The van der Waals surface area contributed by atoms with Crippen molar-refractivity contribution in [3.63, 3.8) is 0 Å². The van der Waals surface area contributed by atoms with Gasteiger partial charge in [-0.2, -0.15) is 5.26 Å². The first kappa shape index (κ1) is 17.3. The van der Waals surface area contributed by atoms with Crippen molar-refractivity contribution >= 4 is 34.8 Å². The van der Waals surface area contributed by atoms with Gasteiger partial charge in [0.1, 0.15) is 12.1 Å². The predicted molar refractivity (Wildman–Crippen MR) is 91.5 cm³/mol. The van der Waals surface area contributed by atoms with Crippen LogP contribution in [0.2, 0.25) is 10.0 Å². The van der Waals surface area contributed by atoms with Crippen molar-refractivity contribution < 1.29 is 10.1 Å². The molecule has 4 nitrogen and oxygen atoms in total. The summed E-state index contributed by atoms with van der Waals surface area (Å²) in [7, 11) is 0. The Bertz CT molecular complexity index is 756. The number of halogens is 2. The summed E-state index contributed by atoms with van der Waals surface area (Å²) in [5.41, 5.74) is 2.01. The van der Waals surface area contributed by atoms with Gasteiger partial charge in [0.2, 0.25) is 0 Å². The van der Waals surface area contributed by atoms with Gasteiger partial charge in [-0.05, 0) is 37.3 Å².